The summed E-state index contributed by atoms with van der Waals surface area (Å²) in [7, 11) is 0. The highest BCUT2D eigenvalue weighted by atomic mass is 16.6. The van der Waals surface area contributed by atoms with E-state index in [0.717, 1.165) is 0 Å². The van der Waals surface area contributed by atoms with Crippen LogP contribution in [-0.2, 0) is 19.1 Å². The summed E-state index contributed by atoms with van der Waals surface area (Å²) in [5.74, 6) is 2.62. The quantitative estimate of drug-likeness (QED) is 0.425. The van der Waals surface area contributed by atoms with E-state index in [-0.39, 0.29) is 0 Å². The minimum Gasteiger partial charge on any atom is -0.437 e. The number of terminal acetylenes is 2. The van der Waals surface area contributed by atoms with Crippen molar-refractivity contribution < 1.29 is 19.1 Å². The summed E-state index contributed by atoms with van der Waals surface area (Å²) >= 11 is 0. The van der Waals surface area contributed by atoms with Gasteiger partial charge in [0.25, 0.3) is 0 Å². The van der Waals surface area contributed by atoms with E-state index in [0.29, 0.717) is 25.7 Å². The summed E-state index contributed by atoms with van der Waals surface area (Å²) in [6.07, 6.45) is 12.4. The third kappa shape index (κ3) is 4.03. The van der Waals surface area contributed by atoms with E-state index < -0.39 is 23.1 Å². The van der Waals surface area contributed by atoms with Crippen molar-refractivity contribution >= 4 is 11.9 Å². The highest BCUT2D eigenvalue weighted by Gasteiger charge is 2.36. The fraction of sp³-hybridized carbons (Fsp3) is 0.625. The van der Waals surface area contributed by atoms with Crippen LogP contribution in [-0.4, -0.2) is 23.1 Å². The Hall–Kier alpha value is -1.94. The summed E-state index contributed by atoms with van der Waals surface area (Å²) in [4.78, 5) is 23.6. The van der Waals surface area contributed by atoms with Crippen LogP contribution in [0.1, 0.15) is 53.4 Å². The van der Waals surface area contributed by atoms with Crippen LogP contribution in [0.2, 0.25) is 0 Å². The molecule has 0 aromatic carbocycles. The Morgan fingerprint density at radius 1 is 0.800 bits per heavy atom. The molecule has 4 heteroatoms. The normalized spacial score (nSPS) is 11.1. The molecule has 0 saturated heterocycles. The van der Waals surface area contributed by atoms with Gasteiger partial charge < -0.3 is 9.47 Å². The molecule has 0 rings (SSSR count). The van der Waals surface area contributed by atoms with E-state index in [1.165, 1.54) is 0 Å². The molecule has 20 heavy (non-hydrogen) atoms. The highest BCUT2D eigenvalue weighted by molar-refractivity contribution is 6.30. The third-order valence-electron chi connectivity index (χ3n) is 3.55. The first-order chi connectivity index (χ1) is 9.38. The number of ether oxygens (including phenoxy) is 2. The maximum Gasteiger partial charge on any atom is 0.419 e. The van der Waals surface area contributed by atoms with Crippen LogP contribution < -0.4 is 0 Å². The molecule has 0 unspecified atom stereocenters. The predicted molar refractivity (Wildman–Crippen MR) is 76.5 cm³/mol. The van der Waals surface area contributed by atoms with Gasteiger partial charge in [-0.1, -0.05) is 39.5 Å². The lowest BCUT2D eigenvalue weighted by Gasteiger charge is -2.28. The number of carbonyl (C=O) groups excluding carboxylic acids is 2. The predicted octanol–water partition coefficient (Wildman–Crippen LogP) is 2.46. The first-order valence-corrected chi connectivity index (χ1v) is 6.79. The molecule has 0 bridgehead atoms. The Kier molecular flexibility index (Phi) is 6.86. The number of carbonyl (C=O) groups is 2. The van der Waals surface area contributed by atoms with Crippen molar-refractivity contribution in [3.05, 3.63) is 0 Å². The van der Waals surface area contributed by atoms with Crippen molar-refractivity contribution in [2.75, 3.05) is 0 Å². The van der Waals surface area contributed by atoms with Gasteiger partial charge >= 0.3 is 11.9 Å². The Morgan fingerprint density at radius 3 is 1.20 bits per heavy atom. The average molecular weight is 278 g/mol. The molecule has 0 spiro atoms. The molecule has 0 saturated carbocycles. The molecule has 0 aromatic rings. The molecule has 0 aliphatic heterocycles. The molecule has 110 valence electrons. The summed E-state index contributed by atoms with van der Waals surface area (Å²) in [5, 5.41) is 0. The molecule has 4 nitrogen and oxygen atoms in total. The van der Waals surface area contributed by atoms with Gasteiger partial charge in [0.1, 0.15) is 0 Å². The zero-order chi connectivity index (χ0) is 15.8. The van der Waals surface area contributed by atoms with Crippen molar-refractivity contribution in [1.29, 1.82) is 0 Å². The third-order valence-corrected chi connectivity index (χ3v) is 3.55. The molecular weight excluding hydrogens is 256 g/mol. The second kappa shape index (κ2) is 7.60. The molecule has 0 atom stereocenters. The van der Waals surface area contributed by atoms with Crippen molar-refractivity contribution in [2.24, 2.45) is 0 Å². The minimum atomic E-state index is -1.10. The lowest BCUT2D eigenvalue weighted by atomic mass is 9.98. The van der Waals surface area contributed by atoms with E-state index in [9.17, 15) is 9.59 Å². The number of esters is 2. The van der Waals surface area contributed by atoms with Gasteiger partial charge in [0.15, 0.2) is 11.2 Å². The summed E-state index contributed by atoms with van der Waals surface area (Å²) < 4.78 is 10.2. The van der Waals surface area contributed by atoms with E-state index >= 15 is 0 Å². The summed E-state index contributed by atoms with van der Waals surface area (Å²) in [6.45, 7) is 7.13. The van der Waals surface area contributed by atoms with Gasteiger partial charge in [0.2, 0.25) is 0 Å². The number of rotatable bonds is 6. The SMILES string of the molecule is C#CC(CC)(CC)OC(=O)C(=O)OC(C#C)(CC)CC. The fourth-order valence-electron chi connectivity index (χ4n) is 1.69. The van der Waals surface area contributed by atoms with Crippen LogP contribution in [0.25, 0.3) is 0 Å². The number of hydrogen-bond acceptors (Lipinski definition) is 4. The molecule has 0 aromatic heterocycles. The average Bonchev–Trinajstić information content (AvgIpc) is 2.50. The summed E-state index contributed by atoms with van der Waals surface area (Å²) in [5.41, 5.74) is -2.15. The Morgan fingerprint density at radius 2 is 1.05 bits per heavy atom. The lowest BCUT2D eigenvalue weighted by Crippen LogP contribution is -2.40. The molecule has 0 radical (unpaired) electrons. The molecular formula is C16H22O4. The maximum absolute atomic E-state index is 11.8. The van der Waals surface area contributed by atoms with Gasteiger partial charge in [-0.2, -0.15) is 0 Å². The van der Waals surface area contributed by atoms with Crippen LogP contribution in [0.15, 0.2) is 0 Å². The van der Waals surface area contributed by atoms with E-state index in [1.54, 1.807) is 27.7 Å². The topological polar surface area (TPSA) is 52.6 Å². The number of hydrogen-bond donors (Lipinski definition) is 0. The highest BCUT2D eigenvalue weighted by Crippen LogP contribution is 2.22. The first-order valence-electron chi connectivity index (χ1n) is 6.79. The van der Waals surface area contributed by atoms with Gasteiger partial charge in [-0.05, 0) is 25.7 Å². The van der Waals surface area contributed by atoms with Crippen LogP contribution in [0.5, 0.6) is 0 Å². The lowest BCUT2D eigenvalue weighted by molar-refractivity contribution is -0.180. The zero-order valence-electron chi connectivity index (χ0n) is 12.6. The standard InChI is InChI=1S/C16H22O4/c1-7-15(8-2,9-3)19-13(17)14(18)20-16(10-4,11-5)12-6/h1,4H,8-9,11-12H2,2-3,5-6H3. The monoisotopic (exact) mass is 278 g/mol. The van der Waals surface area contributed by atoms with E-state index in [4.69, 9.17) is 22.3 Å². The largest absolute Gasteiger partial charge is 0.437 e. The van der Waals surface area contributed by atoms with Crippen molar-refractivity contribution in [2.45, 2.75) is 64.6 Å². The Balaban J connectivity index is 4.95. The van der Waals surface area contributed by atoms with Crippen molar-refractivity contribution in [1.82, 2.24) is 0 Å². The zero-order valence-corrected chi connectivity index (χ0v) is 12.6. The first kappa shape index (κ1) is 18.1. The maximum atomic E-state index is 11.8. The smallest absolute Gasteiger partial charge is 0.419 e. The van der Waals surface area contributed by atoms with Gasteiger partial charge in [-0.3, -0.25) is 0 Å². The van der Waals surface area contributed by atoms with Crippen LogP contribution in [0.3, 0.4) is 0 Å². The molecule has 0 amide bonds. The second-order valence-corrected chi connectivity index (χ2v) is 4.47. The Labute approximate surface area is 121 Å². The summed E-state index contributed by atoms with van der Waals surface area (Å²) in [6, 6.07) is 0. The van der Waals surface area contributed by atoms with E-state index in [1.807, 2.05) is 0 Å². The van der Waals surface area contributed by atoms with E-state index in [2.05, 4.69) is 11.8 Å². The van der Waals surface area contributed by atoms with Crippen LogP contribution >= 0.6 is 0 Å². The minimum absolute atomic E-state index is 0.418. The second-order valence-electron chi connectivity index (χ2n) is 4.47. The van der Waals surface area contributed by atoms with Gasteiger partial charge in [0.05, 0.1) is 0 Å². The molecule has 0 aliphatic carbocycles. The molecule has 0 N–H and O–H groups in total. The van der Waals surface area contributed by atoms with Crippen LogP contribution in [0.4, 0.5) is 0 Å². The van der Waals surface area contributed by atoms with Crippen LogP contribution in [0, 0.1) is 24.7 Å². The van der Waals surface area contributed by atoms with Crippen molar-refractivity contribution in [3.8, 4) is 24.7 Å². The van der Waals surface area contributed by atoms with Crippen molar-refractivity contribution in [3.63, 3.8) is 0 Å². The van der Waals surface area contributed by atoms with Gasteiger partial charge in [-0.15, -0.1) is 12.8 Å². The Bertz CT molecular complexity index is 386. The molecule has 0 fully saturated rings. The molecule has 0 aliphatic rings. The molecule has 0 heterocycles. The van der Waals surface area contributed by atoms with Gasteiger partial charge in [0, 0.05) is 0 Å². The van der Waals surface area contributed by atoms with Gasteiger partial charge in [-0.25, -0.2) is 9.59 Å². The fourth-order valence-corrected chi connectivity index (χ4v) is 1.69.